The molecule has 0 aliphatic carbocycles. The number of nitrogens with two attached hydrogens (primary N) is 1. The Hall–Kier alpha value is -4.39. The lowest BCUT2D eigenvalue weighted by atomic mass is 9.76. The number of H-pyrrole nitrogens is 1. The Bertz CT molecular complexity index is 1570. The fourth-order valence-electron chi connectivity index (χ4n) is 5.75. The van der Waals surface area contributed by atoms with Crippen molar-refractivity contribution in [2.75, 3.05) is 30.3 Å². The first-order chi connectivity index (χ1) is 19.6. The highest BCUT2D eigenvalue weighted by Crippen LogP contribution is 2.41. The maximum Gasteiger partial charge on any atom is 0.429 e. The van der Waals surface area contributed by atoms with E-state index in [1.165, 1.54) is 18.2 Å². The van der Waals surface area contributed by atoms with Crippen molar-refractivity contribution in [1.29, 1.82) is 0 Å². The van der Waals surface area contributed by atoms with Crippen LogP contribution in [0, 0.1) is 5.41 Å². The van der Waals surface area contributed by atoms with Gasteiger partial charge in [-0.05, 0) is 47.9 Å². The van der Waals surface area contributed by atoms with Crippen LogP contribution in [0.3, 0.4) is 0 Å². The van der Waals surface area contributed by atoms with Gasteiger partial charge in [0.1, 0.15) is 11.9 Å². The summed E-state index contributed by atoms with van der Waals surface area (Å²) in [7, 11) is 0. The molecule has 41 heavy (non-hydrogen) atoms. The number of aromatic amines is 1. The van der Waals surface area contributed by atoms with Crippen LogP contribution in [-0.2, 0) is 4.79 Å². The number of carboxylic acid groups (broad SMARTS) is 1. The number of rotatable bonds is 6. The molecule has 0 radical (unpaired) electrons. The molecule has 2 aliphatic heterocycles. The summed E-state index contributed by atoms with van der Waals surface area (Å²) in [6.45, 7) is 1.72. The minimum absolute atomic E-state index is 0.0778. The minimum Gasteiger partial charge on any atom is -0.480 e. The first kappa shape index (κ1) is 26.8. The van der Waals surface area contributed by atoms with E-state index < -0.39 is 24.3 Å². The van der Waals surface area contributed by atoms with E-state index in [2.05, 4.69) is 25.5 Å². The zero-order chi connectivity index (χ0) is 28.8. The second kappa shape index (κ2) is 10.2. The molecule has 6 rings (SSSR count). The average molecular weight is 568 g/mol. The molecule has 5 N–H and O–H groups in total. The normalized spacial score (nSPS) is 19.5. The van der Waals surface area contributed by atoms with Gasteiger partial charge in [-0.15, -0.1) is 0 Å². The highest BCUT2D eigenvalue weighted by molar-refractivity contribution is 5.84. The highest BCUT2D eigenvalue weighted by atomic mass is 19.4. The molecule has 1 spiro atoms. The Labute approximate surface area is 232 Å². The second-order valence-electron chi connectivity index (χ2n) is 10.7. The van der Waals surface area contributed by atoms with Crippen LogP contribution in [-0.4, -0.2) is 63.1 Å². The second-order valence-corrected chi connectivity index (χ2v) is 10.7. The Morgan fingerprint density at radius 2 is 1.83 bits per heavy atom. The lowest BCUT2D eigenvalue weighted by Crippen LogP contribution is -2.41. The number of aliphatic carboxylic acids is 1. The Morgan fingerprint density at radius 1 is 1.10 bits per heavy atom. The number of carbonyl (C=O) groups is 1. The van der Waals surface area contributed by atoms with Crippen LogP contribution in [0.1, 0.15) is 30.9 Å². The summed E-state index contributed by atoms with van der Waals surface area (Å²) in [5, 5.41) is 20.2. The molecule has 10 nitrogen and oxygen atoms in total. The number of benzene rings is 2. The van der Waals surface area contributed by atoms with Crippen molar-refractivity contribution < 1.29 is 27.8 Å². The van der Waals surface area contributed by atoms with E-state index in [9.17, 15) is 23.1 Å². The van der Waals surface area contributed by atoms with Gasteiger partial charge in [0.05, 0.1) is 11.7 Å². The van der Waals surface area contributed by atoms with Gasteiger partial charge in [0.2, 0.25) is 17.9 Å². The third-order valence-corrected chi connectivity index (χ3v) is 8.04. The number of ether oxygens (including phenoxy) is 1. The molecule has 2 aliphatic rings. The first-order valence-corrected chi connectivity index (χ1v) is 13.2. The third kappa shape index (κ3) is 5.49. The molecule has 0 amide bonds. The molecule has 2 aromatic heterocycles. The van der Waals surface area contributed by atoms with Crippen molar-refractivity contribution in [2.45, 2.75) is 37.6 Å². The zero-order valence-electron chi connectivity index (χ0n) is 21.9. The van der Waals surface area contributed by atoms with Crippen LogP contribution in [0.4, 0.5) is 24.9 Å². The first-order valence-electron chi connectivity index (χ1n) is 13.2. The fourth-order valence-corrected chi connectivity index (χ4v) is 5.75. The number of anilines is 2. The summed E-state index contributed by atoms with van der Waals surface area (Å²) >= 11 is 0. The van der Waals surface area contributed by atoms with Gasteiger partial charge in [0, 0.05) is 36.7 Å². The molecular formula is C28H28F3N7O3. The van der Waals surface area contributed by atoms with Crippen molar-refractivity contribution in [3.63, 3.8) is 0 Å². The Kier molecular flexibility index (Phi) is 6.68. The number of nitrogens with zero attached hydrogens (tertiary/aromatic N) is 4. The summed E-state index contributed by atoms with van der Waals surface area (Å²) in [5.41, 5.74) is 8.14. The number of aromatic nitrogens is 4. The third-order valence-electron chi connectivity index (χ3n) is 8.04. The topological polar surface area (TPSA) is 142 Å². The van der Waals surface area contributed by atoms with E-state index in [1.54, 1.807) is 18.3 Å². The van der Waals surface area contributed by atoms with Crippen molar-refractivity contribution in [1.82, 2.24) is 25.5 Å². The molecule has 4 heterocycles. The summed E-state index contributed by atoms with van der Waals surface area (Å²) in [6.07, 6.45) is -3.32. The van der Waals surface area contributed by atoms with Gasteiger partial charge in [0.15, 0.2) is 0 Å². The number of hydrogen-bond acceptors (Lipinski definition) is 8. The van der Waals surface area contributed by atoms with Gasteiger partial charge in [0.25, 0.3) is 0 Å². The van der Waals surface area contributed by atoms with Gasteiger partial charge < -0.3 is 25.8 Å². The van der Waals surface area contributed by atoms with Gasteiger partial charge in [-0.3, -0.25) is 9.89 Å². The predicted molar refractivity (Wildman–Crippen MR) is 145 cm³/mol. The molecule has 214 valence electrons. The van der Waals surface area contributed by atoms with Crippen LogP contribution < -0.4 is 20.7 Å². The molecule has 2 fully saturated rings. The number of carboxylic acids is 1. The molecule has 13 heteroatoms. The summed E-state index contributed by atoms with van der Waals surface area (Å²) in [5.74, 6) is -0.969. The smallest absolute Gasteiger partial charge is 0.429 e. The van der Waals surface area contributed by atoms with Crippen LogP contribution in [0.2, 0.25) is 0 Å². The molecule has 2 aromatic carbocycles. The highest BCUT2D eigenvalue weighted by Gasteiger charge is 2.45. The van der Waals surface area contributed by atoms with E-state index in [-0.39, 0.29) is 22.8 Å². The van der Waals surface area contributed by atoms with E-state index in [1.807, 2.05) is 23.1 Å². The monoisotopic (exact) mass is 567 g/mol. The molecular weight excluding hydrogens is 539 g/mol. The summed E-state index contributed by atoms with van der Waals surface area (Å²) in [6, 6.07) is 12.5. The lowest BCUT2D eigenvalue weighted by Gasteiger charge is -2.39. The largest absolute Gasteiger partial charge is 0.480 e. The van der Waals surface area contributed by atoms with Crippen molar-refractivity contribution in [3.8, 4) is 17.0 Å². The van der Waals surface area contributed by atoms with E-state index >= 15 is 0 Å². The van der Waals surface area contributed by atoms with Crippen molar-refractivity contribution in [2.24, 2.45) is 5.41 Å². The number of nitrogen functional groups attached to an aromatic ring is 1. The van der Waals surface area contributed by atoms with Gasteiger partial charge >= 0.3 is 12.1 Å². The Morgan fingerprint density at radius 3 is 2.51 bits per heavy atom. The molecule has 0 saturated carbocycles. The number of halogens is 3. The van der Waals surface area contributed by atoms with E-state index in [0.29, 0.717) is 31.9 Å². The fraction of sp³-hybridized carbons (Fsp3) is 0.357. The summed E-state index contributed by atoms with van der Waals surface area (Å²) in [4.78, 5) is 21.4. The maximum atomic E-state index is 14.2. The van der Waals surface area contributed by atoms with E-state index in [0.717, 1.165) is 34.9 Å². The quantitative estimate of drug-likeness (QED) is 0.268. The number of nitrogens with one attached hydrogen (secondary N) is 2. The molecule has 0 bridgehead atoms. The number of piperidine rings is 1. The van der Waals surface area contributed by atoms with Crippen LogP contribution in [0.5, 0.6) is 5.88 Å². The van der Waals surface area contributed by atoms with Crippen LogP contribution in [0.15, 0.2) is 54.7 Å². The average Bonchev–Trinajstić information content (AvgIpc) is 3.58. The minimum atomic E-state index is -4.72. The van der Waals surface area contributed by atoms with Crippen molar-refractivity contribution in [3.05, 3.63) is 60.3 Å². The number of hydrogen-bond donors (Lipinski definition) is 4. The molecule has 2 saturated heterocycles. The van der Waals surface area contributed by atoms with Gasteiger partial charge in [-0.2, -0.15) is 28.2 Å². The molecule has 4 aromatic rings. The van der Waals surface area contributed by atoms with Gasteiger partial charge in [-0.25, -0.2) is 0 Å². The maximum absolute atomic E-state index is 14.2. The van der Waals surface area contributed by atoms with Gasteiger partial charge in [-0.1, -0.05) is 30.3 Å². The summed E-state index contributed by atoms with van der Waals surface area (Å²) < 4.78 is 48.0. The standard InChI is InChI=1S/C28H28F3N7O3/c29-28(30,31)24(17-3-1-16(2-4-17)18-5-6-20-19(11-18)14-34-37-20)41-23-12-22(35-26(32)36-23)38-9-7-27(8-10-38)13-21(25(39)40)33-15-27/h1-6,11-12,14,21,24,33H,7-10,13,15H2,(H,34,37)(H,39,40)(H2,32,35,36)/t21-,24+/m0/s1. The number of fused-ring (bicyclic) bond motifs is 1. The van der Waals surface area contributed by atoms with Crippen LogP contribution in [0.25, 0.3) is 22.0 Å². The predicted octanol–water partition coefficient (Wildman–Crippen LogP) is 4.32. The van der Waals surface area contributed by atoms with Crippen molar-refractivity contribution >= 4 is 28.6 Å². The van der Waals surface area contributed by atoms with E-state index in [4.69, 9.17) is 10.5 Å². The molecule has 2 atom stereocenters. The lowest BCUT2D eigenvalue weighted by molar-refractivity contribution is -0.198. The molecule has 0 unspecified atom stereocenters. The van der Waals surface area contributed by atoms with Crippen LogP contribution >= 0.6 is 0 Å². The Balaban J connectivity index is 1.19. The SMILES string of the molecule is Nc1nc(O[C@H](c2ccc(-c3ccc4[nH]ncc4c3)cc2)C(F)(F)F)cc(N2CCC3(CC2)CN[C@H](C(=O)O)C3)n1. The zero-order valence-corrected chi connectivity index (χ0v) is 21.9. The number of alkyl halides is 3.